The molecule has 208 valence electrons. The van der Waals surface area contributed by atoms with Gasteiger partial charge in [0.25, 0.3) is 0 Å². The zero-order chi connectivity index (χ0) is 25.4. The zero-order valence-corrected chi connectivity index (χ0v) is 23.2. The van der Waals surface area contributed by atoms with Crippen molar-refractivity contribution < 1.29 is 18.0 Å². The van der Waals surface area contributed by atoms with E-state index in [0.29, 0.717) is 38.4 Å². The van der Waals surface area contributed by atoms with Crippen LogP contribution in [0.4, 0.5) is 24.8 Å². The number of alkyl halides is 3. The summed E-state index contributed by atoms with van der Waals surface area (Å²) in [5, 5.41) is 6.24. The highest BCUT2D eigenvalue weighted by molar-refractivity contribution is 5.94. The van der Waals surface area contributed by atoms with Crippen LogP contribution in [0.15, 0.2) is 12.5 Å². The summed E-state index contributed by atoms with van der Waals surface area (Å²) >= 11 is 0. The summed E-state index contributed by atoms with van der Waals surface area (Å²) in [7, 11) is 0. The van der Waals surface area contributed by atoms with Crippen LogP contribution >= 0.6 is 24.8 Å². The van der Waals surface area contributed by atoms with Gasteiger partial charge in [-0.25, -0.2) is 15.0 Å². The summed E-state index contributed by atoms with van der Waals surface area (Å²) in [6, 6.07) is 0. The Labute approximate surface area is 228 Å². The molecule has 2 aliphatic heterocycles. The van der Waals surface area contributed by atoms with E-state index in [4.69, 9.17) is 0 Å². The van der Waals surface area contributed by atoms with Crippen LogP contribution < -0.4 is 15.5 Å². The van der Waals surface area contributed by atoms with E-state index >= 15 is 0 Å². The molecule has 0 spiro atoms. The van der Waals surface area contributed by atoms with Gasteiger partial charge in [-0.1, -0.05) is 6.92 Å². The predicted molar refractivity (Wildman–Crippen MR) is 142 cm³/mol. The smallest absolute Gasteiger partial charge is 0.356 e. The second-order valence-corrected chi connectivity index (χ2v) is 10.6. The number of amides is 1. The third-order valence-corrected chi connectivity index (χ3v) is 6.51. The van der Waals surface area contributed by atoms with Crippen LogP contribution in [-0.2, 0) is 17.8 Å². The summed E-state index contributed by atoms with van der Waals surface area (Å²) in [5.74, 6) is 2.17. The Kier molecular flexibility index (Phi) is 10.2. The van der Waals surface area contributed by atoms with E-state index in [2.05, 4.69) is 51.3 Å². The highest BCUT2D eigenvalue weighted by Crippen LogP contribution is 2.38. The first-order valence-electron chi connectivity index (χ1n) is 12.2. The number of nitrogens with one attached hydrogen (secondary N) is 2. The molecule has 8 nitrogen and oxygen atoms in total. The average molecular weight is 567 g/mol. The molecule has 37 heavy (non-hydrogen) atoms. The third-order valence-electron chi connectivity index (χ3n) is 6.51. The van der Waals surface area contributed by atoms with E-state index in [0.717, 1.165) is 30.0 Å². The molecule has 0 bridgehead atoms. The van der Waals surface area contributed by atoms with E-state index < -0.39 is 12.6 Å². The number of halogens is 5. The minimum absolute atomic E-state index is 0. The molecule has 2 aromatic heterocycles. The lowest BCUT2D eigenvalue weighted by atomic mass is 9.92. The predicted octanol–water partition coefficient (Wildman–Crippen LogP) is 4.84. The highest BCUT2D eigenvalue weighted by Gasteiger charge is 2.33. The average Bonchev–Trinajstić information content (AvgIpc) is 3.13. The van der Waals surface area contributed by atoms with Gasteiger partial charge in [0.15, 0.2) is 0 Å². The van der Waals surface area contributed by atoms with E-state index in [1.54, 1.807) is 6.20 Å². The Balaban J connectivity index is 0.00000241. The number of piperidine rings is 1. The first-order valence-corrected chi connectivity index (χ1v) is 12.2. The minimum Gasteiger partial charge on any atom is -0.356 e. The van der Waals surface area contributed by atoms with Crippen LogP contribution in [0.3, 0.4) is 0 Å². The molecule has 2 aromatic rings. The molecule has 2 N–H and O–H groups in total. The Morgan fingerprint density at radius 2 is 1.81 bits per heavy atom. The standard InChI is InChI=1S/C24H34F3N7O.2ClH/c1-15-11-18(35)32-20-19(15)22(29-14-28-20)33-8-5-16(6-9-33)21-31-17(12-24(25,26)27)13-34(21)10-7-30-23(2,3)4;;/h13-16,30H,5-12H2,1-4H3,(H,28,29,32,35);2*1H. The van der Waals surface area contributed by atoms with Gasteiger partial charge in [-0.05, 0) is 39.5 Å². The topological polar surface area (TPSA) is 88.0 Å². The van der Waals surface area contributed by atoms with Gasteiger partial charge in [0.05, 0.1) is 12.1 Å². The number of fused-ring (bicyclic) bond motifs is 1. The molecule has 0 aliphatic carbocycles. The van der Waals surface area contributed by atoms with Crippen LogP contribution in [0.5, 0.6) is 0 Å². The molecule has 1 atom stereocenters. The van der Waals surface area contributed by atoms with Gasteiger partial charge in [-0.2, -0.15) is 13.2 Å². The van der Waals surface area contributed by atoms with Gasteiger partial charge < -0.3 is 20.1 Å². The van der Waals surface area contributed by atoms with E-state index in [-0.39, 0.29) is 53.8 Å². The van der Waals surface area contributed by atoms with Gasteiger partial charge in [-0.3, -0.25) is 4.79 Å². The van der Waals surface area contributed by atoms with Crippen molar-refractivity contribution in [2.45, 2.75) is 83.5 Å². The lowest BCUT2D eigenvalue weighted by Gasteiger charge is -2.35. The zero-order valence-electron chi connectivity index (χ0n) is 21.6. The van der Waals surface area contributed by atoms with Gasteiger partial charge in [0.1, 0.15) is 23.8 Å². The van der Waals surface area contributed by atoms with E-state index in [1.807, 2.05) is 11.5 Å². The number of anilines is 2. The van der Waals surface area contributed by atoms with Crippen molar-refractivity contribution in [3.05, 3.63) is 29.6 Å². The molecule has 4 rings (SSSR count). The van der Waals surface area contributed by atoms with Gasteiger partial charge in [0, 0.05) is 55.8 Å². The van der Waals surface area contributed by atoms with Crippen LogP contribution in [0.2, 0.25) is 0 Å². The number of nitrogens with zero attached hydrogens (tertiary/aromatic N) is 5. The summed E-state index contributed by atoms with van der Waals surface area (Å²) < 4.78 is 41.1. The lowest BCUT2D eigenvalue weighted by Crippen LogP contribution is -2.38. The number of hydrogen-bond acceptors (Lipinski definition) is 6. The van der Waals surface area contributed by atoms with Crippen molar-refractivity contribution in [1.82, 2.24) is 24.8 Å². The van der Waals surface area contributed by atoms with Crippen LogP contribution in [-0.4, -0.2) is 56.8 Å². The number of aromatic nitrogens is 4. The molecule has 0 saturated carbocycles. The Morgan fingerprint density at radius 3 is 2.43 bits per heavy atom. The molecule has 1 unspecified atom stereocenters. The van der Waals surface area contributed by atoms with Crippen LogP contribution in [0.1, 0.15) is 75.9 Å². The normalized spacial score (nSPS) is 18.5. The lowest BCUT2D eigenvalue weighted by molar-refractivity contribution is -0.127. The summed E-state index contributed by atoms with van der Waals surface area (Å²) in [6.07, 6.45) is -0.367. The quantitative estimate of drug-likeness (QED) is 0.521. The highest BCUT2D eigenvalue weighted by atomic mass is 35.5. The Morgan fingerprint density at radius 1 is 1.14 bits per heavy atom. The number of carbonyl (C=O) groups excluding carboxylic acids is 1. The minimum atomic E-state index is -4.29. The molecule has 2 aliphatic rings. The summed E-state index contributed by atoms with van der Waals surface area (Å²) in [6.45, 7) is 10.8. The Bertz CT molecular complexity index is 1060. The van der Waals surface area contributed by atoms with Gasteiger partial charge >= 0.3 is 6.18 Å². The largest absolute Gasteiger partial charge is 0.394 e. The van der Waals surface area contributed by atoms with E-state index in [9.17, 15) is 18.0 Å². The maximum Gasteiger partial charge on any atom is 0.394 e. The fourth-order valence-corrected chi connectivity index (χ4v) is 4.94. The first-order chi connectivity index (χ1) is 16.4. The monoisotopic (exact) mass is 565 g/mol. The molecule has 1 amide bonds. The summed E-state index contributed by atoms with van der Waals surface area (Å²) in [5.41, 5.74) is 0.946. The molecular formula is C24H36Cl2F3N7O. The van der Waals surface area contributed by atoms with Gasteiger partial charge in [-0.15, -0.1) is 24.8 Å². The number of carbonyl (C=O) groups is 1. The maximum atomic E-state index is 13.1. The number of rotatable bonds is 6. The van der Waals surface area contributed by atoms with Crippen molar-refractivity contribution in [2.24, 2.45) is 0 Å². The molecule has 0 aromatic carbocycles. The van der Waals surface area contributed by atoms with Gasteiger partial charge in [0.2, 0.25) is 5.91 Å². The maximum absolute atomic E-state index is 13.1. The van der Waals surface area contributed by atoms with Crippen molar-refractivity contribution in [1.29, 1.82) is 0 Å². The van der Waals surface area contributed by atoms with Crippen molar-refractivity contribution in [3.8, 4) is 0 Å². The number of imidazole rings is 1. The van der Waals surface area contributed by atoms with Crippen LogP contribution in [0, 0.1) is 0 Å². The molecule has 13 heteroatoms. The first kappa shape index (κ1) is 31.1. The molecule has 1 saturated heterocycles. The van der Waals surface area contributed by atoms with Crippen LogP contribution in [0.25, 0.3) is 0 Å². The molecule has 1 fully saturated rings. The third kappa shape index (κ3) is 7.94. The van der Waals surface area contributed by atoms with Crippen molar-refractivity contribution in [3.63, 3.8) is 0 Å². The van der Waals surface area contributed by atoms with E-state index in [1.165, 1.54) is 6.33 Å². The molecule has 0 radical (unpaired) electrons. The summed E-state index contributed by atoms with van der Waals surface area (Å²) in [4.78, 5) is 27.3. The SMILES string of the molecule is CC1CC(=O)Nc2ncnc(N3CCC(c4nc(CC(F)(F)F)cn4CCNC(C)(C)C)CC3)c21.Cl.Cl. The Hall–Kier alpha value is -2.11. The fraction of sp³-hybridized carbons (Fsp3) is 0.667. The number of hydrogen-bond donors (Lipinski definition) is 2. The molecule has 4 heterocycles. The van der Waals surface area contributed by atoms with Crippen molar-refractivity contribution in [2.75, 3.05) is 29.9 Å². The second-order valence-electron chi connectivity index (χ2n) is 10.6. The fourth-order valence-electron chi connectivity index (χ4n) is 4.94. The molecular weight excluding hydrogens is 530 g/mol. The second kappa shape index (κ2) is 12.2. The van der Waals surface area contributed by atoms with Crippen molar-refractivity contribution >= 4 is 42.4 Å².